The van der Waals surface area contributed by atoms with Crippen LogP contribution in [0, 0.1) is 0 Å². The number of furan rings is 1. The Morgan fingerprint density at radius 3 is 2.33 bits per heavy atom. The minimum atomic E-state index is -3.64. The molecule has 0 N–H and O–H groups in total. The van der Waals surface area contributed by atoms with Crippen LogP contribution in [0.1, 0.15) is 23.4 Å². The number of piperazine rings is 1. The van der Waals surface area contributed by atoms with Crippen LogP contribution in [-0.2, 0) is 10.0 Å². The third-order valence-corrected chi connectivity index (χ3v) is 8.30. The van der Waals surface area contributed by atoms with Crippen LogP contribution >= 0.6 is 11.8 Å². The van der Waals surface area contributed by atoms with Crippen molar-refractivity contribution in [2.75, 3.05) is 51.6 Å². The van der Waals surface area contributed by atoms with Crippen LogP contribution in [0.4, 0.5) is 0 Å². The Kier molecular flexibility index (Phi) is 6.82. The molecule has 9 heteroatoms. The Morgan fingerprint density at radius 2 is 1.63 bits per heavy atom. The van der Waals surface area contributed by atoms with Crippen LogP contribution in [0.15, 0.2) is 56.9 Å². The summed E-state index contributed by atoms with van der Waals surface area (Å²) in [5.74, 6) is 0.866. The quantitative estimate of drug-likeness (QED) is 0.605. The zero-order chi connectivity index (χ0) is 21.0. The van der Waals surface area contributed by atoms with Crippen molar-refractivity contribution in [3.63, 3.8) is 0 Å². The first-order valence-electron chi connectivity index (χ1n) is 10.3. The van der Waals surface area contributed by atoms with E-state index in [4.69, 9.17) is 4.42 Å². The first kappa shape index (κ1) is 21.4. The average Bonchev–Trinajstić information content (AvgIpc) is 3.48. The van der Waals surface area contributed by atoms with Crippen LogP contribution in [0.25, 0.3) is 0 Å². The summed E-state index contributed by atoms with van der Waals surface area (Å²) in [5.41, 5.74) is 0. The van der Waals surface area contributed by atoms with Crippen LogP contribution in [0.2, 0.25) is 0 Å². The molecule has 0 saturated carbocycles. The van der Waals surface area contributed by atoms with Crippen molar-refractivity contribution >= 4 is 27.7 Å². The van der Waals surface area contributed by atoms with Crippen molar-refractivity contribution in [2.24, 2.45) is 0 Å². The normalized spacial score (nSPS) is 18.7. The molecule has 0 unspecified atom stereocenters. The molecular formula is C21H27N3O4S2. The molecule has 0 radical (unpaired) electrons. The topological polar surface area (TPSA) is 74.1 Å². The van der Waals surface area contributed by atoms with E-state index in [0.29, 0.717) is 26.2 Å². The van der Waals surface area contributed by atoms with Gasteiger partial charge in [0.15, 0.2) is 5.76 Å². The number of rotatable bonds is 7. The molecule has 30 heavy (non-hydrogen) atoms. The molecule has 3 heterocycles. The first-order valence-corrected chi connectivity index (χ1v) is 12.8. The number of hydrogen-bond donors (Lipinski definition) is 0. The molecular weight excluding hydrogens is 422 g/mol. The molecule has 0 bridgehead atoms. The minimum absolute atomic E-state index is 0.0980. The predicted octanol–water partition coefficient (Wildman–Crippen LogP) is 2.61. The molecule has 1 aromatic carbocycles. The monoisotopic (exact) mass is 449 g/mol. The van der Waals surface area contributed by atoms with Gasteiger partial charge in [0, 0.05) is 56.5 Å². The summed E-state index contributed by atoms with van der Waals surface area (Å²) in [4.78, 5) is 18.1. The molecule has 2 aromatic rings. The lowest BCUT2D eigenvalue weighted by Gasteiger charge is -2.34. The molecule has 2 fully saturated rings. The van der Waals surface area contributed by atoms with E-state index in [1.807, 2.05) is 30.0 Å². The molecule has 162 valence electrons. The standard InChI is InChI=1S/C21H27N3O4S2/c25-21(19-8-9-20(28-19)30(26,27)24-10-4-5-11-24)23-14-12-22(13-15-23)16-17-29-18-6-2-1-3-7-18/h1-3,6-9H,4-5,10-17H2. The average molecular weight is 450 g/mol. The molecule has 7 nitrogen and oxygen atoms in total. The van der Waals surface area contributed by atoms with Gasteiger partial charge in [0.1, 0.15) is 0 Å². The molecule has 1 amide bonds. The summed E-state index contributed by atoms with van der Waals surface area (Å²) >= 11 is 1.84. The molecule has 2 saturated heterocycles. The molecule has 0 aliphatic carbocycles. The minimum Gasteiger partial charge on any atom is -0.438 e. The van der Waals surface area contributed by atoms with Gasteiger partial charge in [-0.25, -0.2) is 8.42 Å². The van der Waals surface area contributed by atoms with Gasteiger partial charge >= 0.3 is 0 Å². The van der Waals surface area contributed by atoms with E-state index < -0.39 is 10.0 Å². The fourth-order valence-corrected chi connectivity index (χ4v) is 6.13. The third kappa shape index (κ3) is 4.91. The molecule has 4 rings (SSSR count). The van der Waals surface area contributed by atoms with Crippen molar-refractivity contribution in [2.45, 2.75) is 22.8 Å². The van der Waals surface area contributed by atoms with E-state index in [1.54, 1.807) is 4.90 Å². The Hall–Kier alpha value is -1.81. The molecule has 2 aliphatic rings. The first-order chi connectivity index (χ1) is 14.5. The van der Waals surface area contributed by atoms with Crippen LogP contribution in [-0.4, -0.2) is 80.0 Å². The van der Waals surface area contributed by atoms with Gasteiger partial charge in [-0.05, 0) is 37.1 Å². The lowest BCUT2D eigenvalue weighted by molar-refractivity contribution is 0.0608. The van der Waals surface area contributed by atoms with Gasteiger partial charge < -0.3 is 9.32 Å². The number of carbonyl (C=O) groups excluding carboxylic acids is 1. The van der Waals surface area contributed by atoms with Crippen molar-refractivity contribution in [1.82, 2.24) is 14.1 Å². The highest BCUT2D eigenvalue weighted by molar-refractivity contribution is 7.99. The fraction of sp³-hybridized carbons (Fsp3) is 0.476. The maximum atomic E-state index is 12.8. The van der Waals surface area contributed by atoms with E-state index in [9.17, 15) is 13.2 Å². The number of hydrogen-bond acceptors (Lipinski definition) is 6. The smallest absolute Gasteiger partial charge is 0.289 e. The Morgan fingerprint density at radius 1 is 0.933 bits per heavy atom. The van der Waals surface area contributed by atoms with Gasteiger partial charge in [0.05, 0.1) is 0 Å². The summed E-state index contributed by atoms with van der Waals surface area (Å²) in [6, 6.07) is 13.2. The second-order valence-corrected chi connectivity index (χ2v) is 10.6. The zero-order valence-corrected chi connectivity index (χ0v) is 18.5. The van der Waals surface area contributed by atoms with Gasteiger partial charge in [0.25, 0.3) is 15.9 Å². The van der Waals surface area contributed by atoms with Crippen molar-refractivity contribution in [3.8, 4) is 0 Å². The maximum absolute atomic E-state index is 12.8. The van der Waals surface area contributed by atoms with Crippen molar-refractivity contribution in [3.05, 3.63) is 48.2 Å². The van der Waals surface area contributed by atoms with Gasteiger partial charge in [-0.2, -0.15) is 4.31 Å². The number of carbonyl (C=O) groups is 1. The van der Waals surface area contributed by atoms with Gasteiger partial charge in [0.2, 0.25) is 5.09 Å². The van der Waals surface area contributed by atoms with Gasteiger partial charge in [-0.1, -0.05) is 18.2 Å². The maximum Gasteiger partial charge on any atom is 0.289 e. The number of sulfonamides is 1. The number of thioether (sulfide) groups is 1. The zero-order valence-electron chi connectivity index (χ0n) is 16.9. The SMILES string of the molecule is O=C(c1ccc(S(=O)(=O)N2CCCC2)o1)N1CCN(CCSc2ccccc2)CC1. The summed E-state index contributed by atoms with van der Waals surface area (Å²) in [7, 11) is -3.64. The Balaban J connectivity index is 1.27. The highest BCUT2D eigenvalue weighted by Crippen LogP contribution is 2.23. The van der Waals surface area contributed by atoms with Crippen molar-refractivity contribution in [1.29, 1.82) is 0 Å². The summed E-state index contributed by atoms with van der Waals surface area (Å²) in [6.07, 6.45) is 1.72. The Labute approximate surface area is 182 Å². The molecule has 2 aliphatic heterocycles. The van der Waals surface area contributed by atoms with E-state index in [0.717, 1.165) is 38.2 Å². The van der Waals surface area contributed by atoms with Crippen LogP contribution in [0.5, 0.6) is 0 Å². The largest absolute Gasteiger partial charge is 0.438 e. The second-order valence-electron chi connectivity index (χ2n) is 7.53. The summed E-state index contributed by atoms with van der Waals surface area (Å²) < 4.78 is 32.1. The van der Waals surface area contributed by atoms with E-state index in [2.05, 4.69) is 17.0 Å². The van der Waals surface area contributed by atoms with Gasteiger partial charge in [-0.3, -0.25) is 9.69 Å². The molecule has 0 atom stereocenters. The predicted molar refractivity (Wildman–Crippen MR) is 116 cm³/mol. The highest BCUT2D eigenvalue weighted by Gasteiger charge is 2.32. The third-order valence-electron chi connectivity index (χ3n) is 5.53. The van der Waals surface area contributed by atoms with Crippen LogP contribution in [0.3, 0.4) is 0 Å². The fourth-order valence-electron chi connectivity index (χ4n) is 3.77. The van der Waals surface area contributed by atoms with E-state index in [-0.39, 0.29) is 16.8 Å². The number of benzene rings is 1. The lowest BCUT2D eigenvalue weighted by atomic mass is 10.3. The molecule has 0 spiro atoms. The summed E-state index contributed by atoms with van der Waals surface area (Å²) in [6.45, 7) is 4.84. The number of nitrogens with zero attached hydrogens (tertiary/aromatic N) is 3. The van der Waals surface area contributed by atoms with Crippen LogP contribution < -0.4 is 0 Å². The molecule has 1 aromatic heterocycles. The van der Waals surface area contributed by atoms with E-state index >= 15 is 0 Å². The summed E-state index contributed by atoms with van der Waals surface area (Å²) in [5, 5.41) is -0.135. The Bertz CT molecular complexity index is 948. The van der Waals surface area contributed by atoms with Gasteiger partial charge in [-0.15, -0.1) is 11.8 Å². The lowest BCUT2D eigenvalue weighted by Crippen LogP contribution is -2.49. The van der Waals surface area contributed by atoms with Crippen molar-refractivity contribution < 1.29 is 17.6 Å². The van der Waals surface area contributed by atoms with E-state index in [1.165, 1.54) is 21.3 Å². The number of amides is 1. The highest BCUT2D eigenvalue weighted by atomic mass is 32.2. The second kappa shape index (κ2) is 9.55.